The van der Waals surface area contributed by atoms with Gasteiger partial charge in [-0.25, -0.2) is 4.79 Å². The highest BCUT2D eigenvalue weighted by Gasteiger charge is 2.30. The molecule has 1 aliphatic rings. The van der Waals surface area contributed by atoms with Crippen LogP contribution < -0.4 is 0 Å². The van der Waals surface area contributed by atoms with Gasteiger partial charge in [0.1, 0.15) is 5.58 Å². The van der Waals surface area contributed by atoms with Crippen molar-refractivity contribution in [2.45, 2.75) is 40.4 Å². The number of furan rings is 1. The maximum Gasteiger partial charge on any atom is 0.409 e. The zero-order valence-electron chi connectivity index (χ0n) is 17.6. The Balaban J connectivity index is 1.70. The lowest BCUT2D eigenvalue weighted by molar-refractivity contribution is 0.0493. The Morgan fingerprint density at radius 2 is 1.69 bits per heavy atom. The Bertz CT molecular complexity index is 850. The number of piperazine rings is 1. The SMILES string of the molecule is CC(C)COC(=O)N1CCN(C(=O)c2oc3ccccc3c2COC(C)C)CC1. The first-order chi connectivity index (χ1) is 13.9. The van der Waals surface area contributed by atoms with Crippen LogP contribution in [0, 0.1) is 5.92 Å². The van der Waals surface area contributed by atoms with Gasteiger partial charge in [0.05, 0.1) is 19.3 Å². The average molecular weight is 402 g/mol. The monoisotopic (exact) mass is 402 g/mol. The third-order valence-electron chi connectivity index (χ3n) is 4.82. The molecule has 2 amide bonds. The van der Waals surface area contributed by atoms with E-state index in [1.54, 1.807) is 9.80 Å². The molecule has 1 saturated heterocycles. The molecule has 7 heteroatoms. The van der Waals surface area contributed by atoms with E-state index in [1.807, 2.05) is 52.0 Å². The van der Waals surface area contributed by atoms with Crippen LogP contribution in [0.5, 0.6) is 0 Å². The van der Waals surface area contributed by atoms with Crippen molar-refractivity contribution in [1.82, 2.24) is 9.80 Å². The molecule has 1 aliphatic heterocycles. The molecule has 0 aliphatic carbocycles. The molecule has 1 fully saturated rings. The Morgan fingerprint density at radius 1 is 1.03 bits per heavy atom. The van der Waals surface area contributed by atoms with E-state index >= 15 is 0 Å². The molecule has 3 rings (SSSR count). The average Bonchev–Trinajstić information content (AvgIpc) is 3.08. The van der Waals surface area contributed by atoms with Crippen LogP contribution in [-0.4, -0.2) is 60.7 Å². The predicted molar refractivity (Wildman–Crippen MR) is 110 cm³/mol. The Kier molecular flexibility index (Phi) is 6.79. The van der Waals surface area contributed by atoms with Gasteiger partial charge >= 0.3 is 6.09 Å². The van der Waals surface area contributed by atoms with Gasteiger partial charge in [-0.15, -0.1) is 0 Å². The van der Waals surface area contributed by atoms with Crippen LogP contribution in [0.4, 0.5) is 4.79 Å². The van der Waals surface area contributed by atoms with Gasteiger partial charge in [0, 0.05) is 37.1 Å². The molecule has 7 nitrogen and oxygen atoms in total. The van der Waals surface area contributed by atoms with Crippen molar-refractivity contribution < 1.29 is 23.5 Å². The third kappa shape index (κ3) is 5.09. The van der Waals surface area contributed by atoms with Gasteiger partial charge in [0.15, 0.2) is 5.76 Å². The zero-order chi connectivity index (χ0) is 21.0. The molecule has 2 heterocycles. The second kappa shape index (κ2) is 9.31. The van der Waals surface area contributed by atoms with E-state index in [0.717, 1.165) is 10.9 Å². The minimum atomic E-state index is -0.319. The molecule has 0 spiro atoms. The third-order valence-corrected chi connectivity index (χ3v) is 4.82. The lowest BCUT2D eigenvalue weighted by Crippen LogP contribution is -2.50. The Hall–Kier alpha value is -2.54. The number of fused-ring (bicyclic) bond motifs is 1. The van der Waals surface area contributed by atoms with Gasteiger partial charge in [0.2, 0.25) is 0 Å². The summed E-state index contributed by atoms with van der Waals surface area (Å²) in [6.07, 6.45) is -0.271. The fourth-order valence-corrected chi connectivity index (χ4v) is 3.23. The summed E-state index contributed by atoms with van der Waals surface area (Å²) in [6.45, 7) is 10.4. The van der Waals surface area contributed by atoms with Gasteiger partial charge in [-0.3, -0.25) is 4.79 Å². The molecule has 0 saturated carbocycles. The Morgan fingerprint density at radius 3 is 2.34 bits per heavy atom. The summed E-state index contributed by atoms with van der Waals surface area (Å²) in [6, 6.07) is 7.60. The molecular weight excluding hydrogens is 372 g/mol. The van der Waals surface area contributed by atoms with Gasteiger partial charge in [-0.1, -0.05) is 32.0 Å². The van der Waals surface area contributed by atoms with Crippen LogP contribution in [0.1, 0.15) is 43.8 Å². The maximum absolute atomic E-state index is 13.2. The summed E-state index contributed by atoms with van der Waals surface area (Å²) in [5, 5.41) is 0.896. The normalized spacial score (nSPS) is 14.8. The van der Waals surface area contributed by atoms with E-state index < -0.39 is 0 Å². The minimum Gasteiger partial charge on any atom is -0.451 e. The lowest BCUT2D eigenvalue weighted by Gasteiger charge is -2.33. The second-order valence-electron chi connectivity index (χ2n) is 8.02. The topological polar surface area (TPSA) is 72.2 Å². The summed E-state index contributed by atoms with van der Waals surface area (Å²) in [5.74, 6) is 0.447. The first-order valence-electron chi connectivity index (χ1n) is 10.2. The van der Waals surface area contributed by atoms with Crippen molar-refractivity contribution in [2.24, 2.45) is 5.92 Å². The van der Waals surface area contributed by atoms with Gasteiger partial charge in [-0.2, -0.15) is 0 Å². The molecule has 0 N–H and O–H groups in total. The van der Waals surface area contributed by atoms with Crippen LogP contribution in [0.2, 0.25) is 0 Å². The molecule has 0 unspecified atom stereocenters. The van der Waals surface area contributed by atoms with Crippen LogP contribution >= 0.6 is 0 Å². The number of rotatable bonds is 6. The molecule has 29 heavy (non-hydrogen) atoms. The summed E-state index contributed by atoms with van der Waals surface area (Å²) in [7, 11) is 0. The number of carbonyl (C=O) groups is 2. The number of ether oxygens (including phenoxy) is 2. The summed E-state index contributed by atoms with van der Waals surface area (Å²) in [5.41, 5.74) is 1.45. The van der Waals surface area contributed by atoms with Crippen molar-refractivity contribution in [3.05, 3.63) is 35.6 Å². The highest BCUT2D eigenvalue weighted by Crippen LogP contribution is 2.28. The van der Waals surface area contributed by atoms with Crippen LogP contribution in [0.25, 0.3) is 11.0 Å². The largest absolute Gasteiger partial charge is 0.451 e. The quantitative estimate of drug-likeness (QED) is 0.733. The summed E-state index contributed by atoms with van der Waals surface area (Å²) in [4.78, 5) is 28.7. The number of nitrogens with zero attached hydrogens (tertiary/aromatic N) is 2. The van der Waals surface area contributed by atoms with E-state index in [9.17, 15) is 9.59 Å². The number of amides is 2. The first kappa shape index (κ1) is 21.2. The van der Waals surface area contributed by atoms with Gasteiger partial charge in [-0.05, 0) is 25.8 Å². The maximum atomic E-state index is 13.2. The van der Waals surface area contributed by atoms with E-state index in [1.165, 1.54) is 0 Å². The lowest BCUT2D eigenvalue weighted by atomic mass is 10.1. The fraction of sp³-hybridized carbons (Fsp3) is 0.545. The molecule has 2 aromatic rings. The minimum absolute atomic E-state index is 0.0482. The summed E-state index contributed by atoms with van der Waals surface area (Å²) < 4.78 is 17.0. The highest BCUT2D eigenvalue weighted by molar-refractivity contribution is 5.99. The van der Waals surface area contributed by atoms with Gasteiger partial charge < -0.3 is 23.7 Å². The molecule has 1 aromatic carbocycles. The van der Waals surface area contributed by atoms with Crippen molar-refractivity contribution in [3.63, 3.8) is 0 Å². The standard InChI is InChI=1S/C22H30N2O5/c1-15(2)13-28-22(26)24-11-9-23(10-12-24)21(25)20-18(14-27-16(3)4)17-7-5-6-8-19(17)29-20/h5-8,15-16H,9-14H2,1-4H3. The van der Waals surface area contributed by atoms with Gasteiger partial charge in [0.25, 0.3) is 5.91 Å². The molecule has 0 atom stereocenters. The van der Waals surface area contributed by atoms with Crippen molar-refractivity contribution in [3.8, 4) is 0 Å². The molecule has 158 valence electrons. The smallest absolute Gasteiger partial charge is 0.409 e. The molecular formula is C22H30N2O5. The van der Waals surface area contributed by atoms with E-state index in [-0.39, 0.29) is 18.1 Å². The number of hydrogen-bond acceptors (Lipinski definition) is 5. The van der Waals surface area contributed by atoms with Crippen molar-refractivity contribution >= 4 is 23.0 Å². The molecule has 0 radical (unpaired) electrons. The number of benzene rings is 1. The second-order valence-corrected chi connectivity index (χ2v) is 8.02. The molecule has 0 bridgehead atoms. The zero-order valence-corrected chi connectivity index (χ0v) is 17.6. The van der Waals surface area contributed by atoms with Crippen LogP contribution in [-0.2, 0) is 16.1 Å². The van der Waals surface area contributed by atoms with Crippen molar-refractivity contribution in [1.29, 1.82) is 0 Å². The molecule has 1 aromatic heterocycles. The highest BCUT2D eigenvalue weighted by atomic mass is 16.6. The van der Waals surface area contributed by atoms with E-state index in [2.05, 4.69) is 0 Å². The van der Waals surface area contributed by atoms with Crippen molar-refractivity contribution in [2.75, 3.05) is 32.8 Å². The number of hydrogen-bond donors (Lipinski definition) is 0. The van der Waals surface area contributed by atoms with E-state index in [4.69, 9.17) is 13.9 Å². The number of carbonyl (C=O) groups excluding carboxylic acids is 2. The first-order valence-corrected chi connectivity index (χ1v) is 10.2. The fourth-order valence-electron chi connectivity index (χ4n) is 3.23. The predicted octanol–water partition coefficient (Wildman–Crippen LogP) is 3.91. The Labute approximate surface area is 171 Å². The van der Waals surface area contributed by atoms with Crippen LogP contribution in [0.3, 0.4) is 0 Å². The number of para-hydroxylation sites is 1. The summed E-state index contributed by atoms with van der Waals surface area (Å²) >= 11 is 0. The van der Waals surface area contributed by atoms with E-state index in [0.29, 0.717) is 56.7 Å². The van der Waals surface area contributed by atoms with Crippen LogP contribution in [0.15, 0.2) is 28.7 Å².